The van der Waals surface area contributed by atoms with Crippen LogP contribution in [-0.2, 0) is 18.3 Å². The number of nitrogens with zero attached hydrogens (tertiary/aromatic N) is 3. The van der Waals surface area contributed by atoms with Crippen LogP contribution in [0.25, 0.3) is 0 Å². The van der Waals surface area contributed by atoms with Crippen LogP contribution in [0, 0.1) is 5.92 Å². The standard InChI is InChI=1S/C25H29N7O2/c1-27-22(33)17-7-9-19-15(11-17)5-6-16-12-18(23(34)28-2)8-10-20(16)25(19,24-29-31-32-30-24)13-21(26)14-3-4-14/h7-12,14,21H,3-6,13,26H2,1-2H3,(H,27,33)(H,28,34)(H,29,30,31,32)/t21-/m1/s1. The van der Waals surface area contributed by atoms with E-state index in [1.54, 1.807) is 14.1 Å². The highest BCUT2D eigenvalue weighted by Gasteiger charge is 2.47. The number of hydrogen-bond acceptors (Lipinski definition) is 6. The van der Waals surface area contributed by atoms with Crippen molar-refractivity contribution in [1.82, 2.24) is 31.3 Å². The fourth-order valence-corrected chi connectivity index (χ4v) is 5.38. The molecule has 0 saturated heterocycles. The van der Waals surface area contributed by atoms with Crippen LogP contribution in [0.4, 0.5) is 0 Å². The van der Waals surface area contributed by atoms with Crippen molar-refractivity contribution in [1.29, 1.82) is 0 Å². The van der Waals surface area contributed by atoms with Crippen LogP contribution in [0.1, 0.15) is 68.1 Å². The van der Waals surface area contributed by atoms with Crippen molar-refractivity contribution in [2.75, 3.05) is 14.1 Å². The Labute approximate surface area is 197 Å². The van der Waals surface area contributed by atoms with Crippen molar-refractivity contribution >= 4 is 11.8 Å². The molecule has 0 bridgehead atoms. The van der Waals surface area contributed by atoms with Crippen molar-refractivity contribution in [2.24, 2.45) is 11.7 Å². The SMILES string of the molecule is CNC(=O)c1ccc2c(c1)CCc1cc(C(=O)NC)ccc1C2(C[C@@H](N)C1CC1)c1nnn[nH]1. The molecule has 2 aliphatic carbocycles. The van der Waals surface area contributed by atoms with Gasteiger partial charge < -0.3 is 16.4 Å². The largest absolute Gasteiger partial charge is 0.355 e. The van der Waals surface area contributed by atoms with Crippen LogP contribution in [-0.4, -0.2) is 52.6 Å². The molecule has 1 saturated carbocycles. The maximum absolute atomic E-state index is 12.4. The molecule has 5 N–H and O–H groups in total. The molecule has 3 aromatic rings. The van der Waals surface area contributed by atoms with E-state index in [0.717, 1.165) is 35.1 Å². The normalized spacial score (nSPS) is 17.1. The molecule has 1 heterocycles. The second-order valence-electron chi connectivity index (χ2n) is 9.26. The van der Waals surface area contributed by atoms with Crippen LogP contribution < -0.4 is 16.4 Å². The Morgan fingerprint density at radius 2 is 1.59 bits per heavy atom. The topological polar surface area (TPSA) is 139 Å². The molecule has 2 aromatic carbocycles. The maximum atomic E-state index is 12.4. The number of benzene rings is 2. The number of aromatic amines is 1. The molecule has 2 aliphatic rings. The predicted octanol–water partition coefficient (Wildman–Crippen LogP) is 1.48. The number of amides is 2. The Bertz CT molecular complexity index is 1170. The van der Waals surface area contributed by atoms with Crippen LogP contribution >= 0.6 is 0 Å². The van der Waals surface area contributed by atoms with Gasteiger partial charge in [-0.1, -0.05) is 12.1 Å². The lowest BCUT2D eigenvalue weighted by atomic mass is 9.67. The molecule has 2 amide bonds. The van der Waals surface area contributed by atoms with Gasteiger partial charge in [-0.3, -0.25) is 9.59 Å². The lowest BCUT2D eigenvalue weighted by Crippen LogP contribution is -2.40. The zero-order valence-corrected chi connectivity index (χ0v) is 19.4. The Kier molecular flexibility index (Phi) is 5.65. The van der Waals surface area contributed by atoms with Gasteiger partial charge in [-0.05, 0) is 95.0 Å². The first-order valence-corrected chi connectivity index (χ1v) is 11.7. The fraction of sp³-hybridized carbons (Fsp3) is 0.400. The predicted molar refractivity (Wildman–Crippen MR) is 126 cm³/mol. The Hall–Kier alpha value is -3.59. The molecule has 0 unspecified atom stereocenters. The van der Waals surface area contributed by atoms with E-state index >= 15 is 0 Å². The van der Waals surface area contributed by atoms with Crippen molar-refractivity contribution in [3.8, 4) is 0 Å². The van der Waals surface area contributed by atoms with Gasteiger partial charge in [0.15, 0.2) is 5.82 Å². The number of fused-ring (bicyclic) bond motifs is 2. The summed E-state index contributed by atoms with van der Waals surface area (Å²) >= 11 is 0. The first-order chi connectivity index (χ1) is 16.5. The summed E-state index contributed by atoms with van der Waals surface area (Å²) in [4.78, 5) is 24.8. The highest BCUT2D eigenvalue weighted by atomic mass is 16.2. The van der Waals surface area contributed by atoms with Crippen molar-refractivity contribution in [3.63, 3.8) is 0 Å². The van der Waals surface area contributed by atoms with E-state index < -0.39 is 5.41 Å². The van der Waals surface area contributed by atoms with Gasteiger partial charge in [-0.15, -0.1) is 5.10 Å². The van der Waals surface area contributed by atoms with Gasteiger partial charge in [-0.2, -0.15) is 0 Å². The second-order valence-corrected chi connectivity index (χ2v) is 9.26. The van der Waals surface area contributed by atoms with E-state index in [1.807, 2.05) is 36.4 Å². The van der Waals surface area contributed by atoms with Crippen LogP contribution in [0.3, 0.4) is 0 Å². The molecule has 1 aromatic heterocycles. The van der Waals surface area contributed by atoms with Gasteiger partial charge in [0.1, 0.15) is 0 Å². The molecule has 34 heavy (non-hydrogen) atoms. The summed E-state index contributed by atoms with van der Waals surface area (Å²) in [7, 11) is 3.26. The van der Waals surface area contributed by atoms with Gasteiger partial charge in [0.2, 0.25) is 0 Å². The minimum absolute atomic E-state index is 0.0406. The summed E-state index contributed by atoms with van der Waals surface area (Å²) in [6.07, 6.45) is 4.29. The van der Waals surface area contributed by atoms with E-state index in [0.29, 0.717) is 42.1 Å². The number of H-pyrrole nitrogens is 1. The summed E-state index contributed by atoms with van der Waals surface area (Å²) in [6, 6.07) is 11.6. The molecule has 9 nitrogen and oxygen atoms in total. The van der Waals surface area contributed by atoms with E-state index in [-0.39, 0.29) is 17.9 Å². The molecule has 9 heteroatoms. The van der Waals surface area contributed by atoms with Crippen molar-refractivity contribution in [3.05, 3.63) is 75.6 Å². The Morgan fingerprint density at radius 1 is 1.03 bits per heavy atom. The minimum atomic E-state index is -0.727. The first-order valence-electron chi connectivity index (χ1n) is 11.7. The molecule has 5 rings (SSSR count). The van der Waals surface area contributed by atoms with E-state index in [4.69, 9.17) is 5.73 Å². The quantitative estimate of drug-likeness (QED) is 0.440. The number of hydrogen-bond donors (Lipinski definition) is 4. The number of nitrogens with one attached hydrogen (secondary N) is 3. The third kappa shape index (κ3) is 3.66. The maximum Gasteiger partial charge on any atom is 0.251 e. The molecule has 1 fully saturated rings. The number of aryl methyl sites for hydroxylation is 2. The third-order valence-electron chi connectivity index (χ3n) is 7.29. The molecule has 0 spiro atoms. The number of aromatic nitrogens is 4. The first kappa shape index (κ1) is 22.2. The van der Waals surface area contributed by atoms with Crippen LogP contribution in [0.2, 0.25) is 0 Å². The Morgan fingerprint density at radius 3 is 2.03 bits per heavy atom. The molecule has 176 valence electrons. The van der Waals surface area contributed by atoms with Gasteiger partial charge >= 0.3 is 0 Å². The third-order valence-corrected chi connectivity index (χ3v) is 7.29. The average Bonchev–Trinajstić information content (AvgIpc) is 3.60. The van der Waals surface area contributed by atoms with Crippen molar-refractivity contribution < 1.29 is 9.59 Å². The van der Waals surface area contributed by atoms with Gasteiger partial charge in [0.05, 0.1) is 5.41 Å². The number of nitrogens with two attached hydrogens (primary N) is 1. The average molecular weight is 460 g/mol. The summed E-state index contributed by atoms with van der Waals surface area (Å²) in [5.74, 6) is 0.827. The minimum Gasteiger partial charge on any atom is -0.355 e. The zero-order valence-electron chi connectivity index (χ0n) is 19.4. The highest BCUT2D eigenvalue weighted by Crippen LogP contribution is 2.49. The zero-order chi connectivity index (χ0) is 23.9. The van der Waals surface area contributed by atoms with E-state index in [9.17, 15) is 9.59 Å². The lowest BCUT2D eigenvalue weighted by molar-refractivity contribution is 0.0955. The van der Waals surface area contributed by atoms with E-state index in [2.05, 4.69) is 31.3 Å². The molecule has 0 aliphatic heterocycles. The Balaban J connectivity index is 1.77. The number of tetrazole rings is 1. The highest BCUT2D eigenvalue weighted by molar-refractivity contribution is 5.95. The van der Waals surface area contributed by atoms with Crippen LogP contribution in [0.15, 0.2) is 36.4 Å². The molecular formula is C25H29N7O2. The monoisotopic (exact) mass is 459 g/mol. The van der Waals surface area contributed by atoms with Gasteiger partial charge in [-0.25, -0.2) is 5.10 Å². The number of rotatable bonds is 6. The molecule has 0 radical (unpaired) electrons. The summed E-state index contributed by atoms with van der Waals surface area (Å²) < 4.78 is 0. The number of carbonyl (C=O) groups is 2. The summed E-state index contributed by atoms with van der Waals surface area (Å²) in [5.41, 5.74) is 11.4. The smallest absolute Gasteiger partial charge is 0.251 e. The van der Waals surface area contributed by atoms with Crippen LogP contribution in [0.5, 0.6) is 0 Å². The van der Waals surface area contributed by atoms with Crippen molar-refractivity contribution in [2.45, 2.75) is 43.6 Å². The molecular weight excluding hydrogens is 430 g/mol. The van der Waals surface area contributed by atoms with Gasteiger partial charge in [0, 0.05) is 31.3 Å². The van der Waals surface area contributed by atoms with E-state index in [1.165, 1.54) is 0 Å². The summed E-state index contributed by atoms with van der Waals surface area (Å²) in [6.45, 7) is 0. The summed E-state index contributed by atoms with van der Waals surface area (Å²) in [5, 5.41) is 20.7. The lowest BCUT2D eigenvalue weighted by Gasteiger charge is -2.36. The van der Waals surface area contributed by atoms with Gasteiger partial charge in [0.25, 0.3) is 11.8 Å². The number of carbonyl (C=O) groups excluding carboxylic acids is 2. The fourth-order valence-electron chi connectivity index (χ4n) is 5.38. The molecule has 1 atom stereocenters. The second kappa shape index (κ2) is 8.64.